The van der Waals surface area contributed by atoms with Crippen molar-refractivity contribution in [2.45, 2.75) is 33.8 Å². The highest BCUT2D eigenvalue weighted by Crippen LogP contribution is 2.05. The quantitative estimate of drug-likeness (QED) is 0.835. The molecule has 5 nitrogen and oxygen atoms in total. The van der Waals surface area contributed by atoms with Crippen molar-refractivity contribution in [3.05, 3.63) is 17.5 Å². The van der Waals surface area contributed by atoms with Gasteiger partial charge < -0.3 is 14.6 Å². The zero-order valence-electron chi connectivity index (χ0n) is 9.95. The van der Waals surface area contributed by atoms with E-state index >= 15 is 0 Å². The van der Waals surface area contributed by atoms with Gasteiger partial charge in [-0.1, -0.05) is 25.9 Å². The summed E-state index contributed by atoms with van der Waals surface area (Å²) in [6.07, 6.45) is 0.381. The van der Waals surface area contributed by atoms with Crippen LogP contribution >= 0.6 is 0 Å². The highest BCUT2D eigenvalue weighted by molar-refractivity contribution is 5.67. The maximum atomic E-state index is 11.2. The van der Waals surface area contributed by atoms with Gasteiger partial charge in [-0.15, -0.1) is 0 Å². The summed E-state index contributed by atoms with van der Waals surface area (Å²) in [5, 5.41) is 6.45. The molecule has 1 amide bonds. The van der Waals surface area contributed by atoms with Gasteiger partial charge in [-0.05, 0) is 12.3 Å². The van der Waals surface area contributed by atoms with E-state index in [-0.39, 0.29) is 6.61 Å². The van der Waals surface area contributed by atoms with Gasteiger partial charge in [0.15, 0.2) is 12.4 Å². The zero-order valence-corrected chi connectivity index (χ0v) is 9.95. The van der Waals surface area contributed by atoms with E-state index in [0.717, 1.165) is 12.1 Å². The molecule has 0 bridgehead atoms. The second-order valence-corrected chi connectivity index (χ2v) is 3.99. The number of carbonyl (C=O) groups is 1. The highest BCUT2D eigenvalue weighted by Gasteiger charge is 2.07. The first kappa shape index (κ1) is 12.5. The summed E-state index contributed by atoms with van der Waals surface area (Å²) in [4.78, 5) is 11.2. The van der Waals surface area contributed by atoms with Gasteiger partial charge in [0.1, 0.15) is 0 Å². The monoisotopic (exact) mass is 226 g/mol. The fraction of sp³-hybridized carbons (Fsp3) is 0.636. The Bertz CT molecular complexity index is 334. The third kappa shape index (κ3) is 4.33. The van der Waals surface area contributed by atoms with Crippen molar-refractivity contribution in [1.82, 2.24) is 10.5 Å². The van der Waals surface area contributed by atoms with Crippen LogP contribution in [-0.4, -0.2) is 17.8 Å². The van der Waals surface area contributed by atoms with E-state index in [9.17, 15) is 4.79 Å². The topological polar surface area (TPSA) is 64.4 Å². The van der Waals surface area contributed by atoms with Crippen molar-refractivity contribution in [2.24, 2.45) is 5.92 Å². The summed E-state index contributed by atoms with van der Waals surface area (Å²) < 4.78 is 9.93. The minimum absolute atomic E-state index is 0.122. The number of ether oxygens (including phenoxy) is 1. The van der Waals surface area contributed by atoms with E-state index in [2.05, 4.69) is 10.5 Å². The number of nitrogens with zero attached hydrogens (tertiary/aromatic N) is 1. The van der Waals surface area contributed by atoms with Crippen LogP contribution < -0.4 is 5.32 Å². The molecule has 0 unspecified atom stereocenters. The van der Waals surface area contributed by atoms with E-state index in [1.54, 1.807) is 6.07 Å². The lowest BCUT2D eigenvalue weighted by Gasteiger charge is -2.07. The lowest BCUT2D eigenvalue weighted by Crippen LogP contribution is -2.27. The van der Waals surface area contributed by atoms with Gasteiger partial charge in [0.05, 0.1) is 5.69 Å². The Hall–Kier alpha value is -1.52. The first-order chi connectivity index (χ1) is 7.61. The van der Waals surface area contributed by atoms with E-state index in [1.165, 1.54) is 0 Å². The standard InChI is InChI=1S/C11H18N2O3/c1-4-9-5-10(16-13-9)7-15-11(14)12-6-8(2)3/h5,8H,4,6-7H2,1-3H3,(H,12,14). The molecule has 1 aromatic heterocycles. The van der Waals surface area contributed by atoms with E-state index < -0.39 is 6.09 Å². The van der Waals surface area contributed by atoms with Gasteiger partial charge >= 0.3 is 6.09 Å². The minimum Gasteiger partial charge on any atom is -0.441 e. The largest absolute Gasteiger partial charge is 0.441 e. The molecule has 0 atom stereocenters. The summed E-state index contributed by atoms with van der Waals surface area (Å²) in [5.41, 5.74) is 0.862. The number of aromatic nitrogens is 1. The Kier molecular flexibility index (Phi) is 4.82. The molecule has 0 aromatic carbocycles. The summed E-state index contributed by atoms with van der Waals surface area (Å²) in [6.45, 7) is 6.75. The lowest BCUT2D eigenvalue weighted by molar-refractivity contribution is 0.127. The molecule has 0 aliphatic carbocycles. The summed E-state index contributed by atoms with van der Waals surface area (Å²) in [7, 11) is 0. The van der Waals surface area contributed by atoms with Gasteiger partial charge in [0.2, 0.25) is 0 Å². The number of rotatable bonds is 5. The molecule has 0 spiro atoms. The van der Waals surface area contributed by atoms with E-state index in [4.69, 9.17) is 9.26 Å². The van der Waals surface area contributed by atoms with Crippen LogP contribution in [0.2, 0.25) is 0 Å². The van der Waals surface area contributed by atoms with Gasteiger partial charge in [-0.25, -0.2) is 4.79 Å². The third-order valence-electron chi connectivity index (χ3n) is 1.97. The average Bonchev–Trinajstić information content (AvgIpc) is 2.71. The van der Waals surface area contributed by atoms with Gasteiger partial charge in [0.25, 0.3) is 0 Å². The maximum absolute atomic E-state index is 11.2. The third-order valence-corrected chi connectivity index (χ3v) is 1.97. The molecule has 0 aliphatic heterocycles. The van der Waals surface area contributed by atoms with E-state index in [0.29, 0.717) is 18.2 Å². The van der Waals surface area contributed by atoms with Crippen LogP contribution in [0.25, 0.3) is 0 Å². The molecule has 1 aromatic rings. The second kappa shape index (κ2) is 6.15. The first-order valence-electron chi connectivity index (χ1n) is 5.47. The average molecular weight is 226 g/mol. The molecule has 1 rings (SSSR count). The summed E-state index contributed by atoms with van der Waals surface area (Å²) >= 11 is 0. The van der Waals surface area contributed by atoms with Crippen LogP contribution in [0.15, 0.2) is 10.6 Å². The predicted octanol–water partition coefficient (Wildman–Crippen LogP) is 2.12. The Morgan fingerprint density at radius 2 is 2.38 bits per heavy atom. The summed E-state index contributed by atoms with van der Waals surface area (Å²) in [6, 6.07) is 1.79. The van der Waals surface area contributed by atoms with Crippen molar-refractivity contribution >= 4 is 6.09 Å². The number of carbonyl (C=O) groups excluding carboxylic acids is 1. The fourth-order valence-electron chi connectivity index (χ4n) is 1.07. The van der Waals surface area contributed by atoms with Gasteiger partial charge in [-0.2, -0.15) is 0 Å². The Morgan fingerprint density at radius 3 is 2.94 bits per heavy atom. The van der Waals surface area contributed by atoms with Gasteiger partial charge in [-0.3, -0.25) is 0 Å². The minimum atomic E-state index is -0.428. The number of hydrogen-bond donors (Lipinski definition) is 1. The summed E-state index contributed by atoms with van der Waals surface area (Å²) in [5.74, 6) is 0.973. The lowest BCUT2D eigenvalue weighted by atomic mass is 10.2. The molecule has 16 heavy (non-hydrogen) atoms. The molecule has 1 N–H and O–H groups in total. The molecular formula is C11H18N2O3. The fourth-order valence-corrected chi connectivity index (χ4v) is 1.07. The number of amides is 1. The van der Waals surface area contributed by atoms with Crippen molar-refractivity contribution in [2.75, 3.05) is 6.54 Å². The molecule has 0 fully saturated rings. The van der Waals surface area contributed by atoms with Crippen LogP contribution in [0.1, 0.15) is 32.2 Å². The predicted molar refractivity (Wildman–Crippen MR) is 58.9 cm³/mol. The van der Waals surface area contributed by atoms with Crippen LogP contribution in [0, 0.1) is 5.92 Å². The maximum Gasteiger partial charge on any atom is 0.407 e. The van der Waals surface area contributed by atoms with E-state index in [1.807, 2.05) is 20.8 Å². The first-order valence-corrected chi connectivity index (χ1v) is 5.47. The SMILES string of the molecule is CCc1cc(COC(=O)NCC(C)C)on1. The molecule has 1 heterocycles. The Morgan fingerprint density at radius 1 is 1.62 bits per heavy atom. The number of hydrogen-bond acceptors (Lipinski definition) is 4. The molecule has 0 aliphatic rings. The van der Waals surface area contributed by atoms with Crippen LogP contribution in [0.3, 0.4) is 0 Å². The molecule has 0 saturated heterocycles. The Balaban J connectivity index is 2.26. The molecular weight excluding hydrogens is 208 g/mol. The van der Waals surface area contributed by atoms with Crippen molar-refractivity contribution < 1.29 is 14.1 Å². The van der Waals surface area contributed by atoms with Crippen LogP contribution in [0.5, 0.6) is 0 Å². The number of nitrogens with one attached hydrogen (secondary N) is 1. The highest BCUT2D eigenvalue weighted by atomic mass is 16.6. The second-order valence-electron chi connectivity index (χ2n) is 3.99. The van der Waals surface area contributed by atoms with Crippen LogP contribution in [0.4, 0.5) is 4.79 Å². The normalized spacial score (nSPS) is 10.5. The molecule has 0 radical (unpaired) electrons. The number of alkyl carbamates (subject to hydrolysis) is 1. The van der Waals surface area contributed by atoms with Crippen LogP contribution in [-0.2, 0) is 17.8 Å². The van der Waals surface area contributed by atoms with Crippen molar-refractivity contribution in [1.29, 1.82) is 0 Å². The number of aryl methyl sites for hydroxylation is 1. The van der Waals surface area contributed by atoms with Gasteiger partial charge in [0, 0.05) is 12.6 Å². The molecule has 0 saturated carbocycles. The Labute approximate surface area is 95.1 Å². The smallest absolute Gasteiger partial charge is 0.407 e. The van der Waals surface area contributed by atoms with Crippen molar-refractivity contribution in [3.8, 4) is 0 Å². The zero-order chi connectivity index (χ0) is 12.0. The molecule has 5 heteroatoms. The van der Waals surface area contributed by atoms with Crippen molar-refractivity contribution in [3.63, 3.8) is 0 Å². The molecule has 90 valence electrons.